The van der Waals surface area contributed by atoms with Gasteiger partial charge in [0.25, 0.3) is 0 Å². The molecule has 2 rings (SSSR count). The van der Waals surface area contributed by atoms with Gasteiger partial charge in [-0.1, -0.05) is 75.4 Å². The molecular weight excluding hydrogens is 272 g/mol. The van der Waals surface area contributed by atoms with E-state index in [1.165, 1.54) is 0 Å². The number of hydrogen-bond donors (Lipinski definition) is 1. The smallest absolute Gasteiger partial charge is 0.336 e. The largest absolute Gasteiger partial charge is 0.478 e. The van der Waals surface area contributed by atoms with E-state index in [-0.39, 0.29) is 5.41 Å². The van der Waals surface area contributed by atoms with Gasteiger partial charge in [0, 0.05) is 5.57 Å². The molecule has 0 aromatic heterocycles. The Kier molecular flexibility index (Phi) is 4.65. The molecule has 0 amide bonds. The Morgan fingerprint density at radius 3 is 2.18 bits per heavy atom. The molecule has 0 bridgehead atoms. The normalized spacial score (nSPS) is 10.7. The first kappa shape index (κ1) is 15.8. The molecule has 1 N–H and O–H groups in total. The van der Waals surface area contributed by atoms with Crippen molar-refractivity contribution in [2.75, 3.05) is 0 Å². The average Bonchev–Trinajstić information content (AvgIpc) is 2.47. The molecule has 0 atom stereocenters. The van der Waals surface area contributed by atoms with Crippen LogP contribution in [0, 0.1) is 5.41 Å². The van der Waals surface area contributed by atoms with Gasteiger partial charge in [0.1, 0.15) is 0 Å². The highest BCUT2D eigenvalue weighted by atomic mass is 16.4. The molecule has 0 saturated carbocycles. The Bertz CT molecular complexity index is 728. The summed E-state index contributed by atoms with van der Waals surface area (Å²) in [6.45, 7) is 6.19. The topological polar surface area (TPSA) is 37.3 Å². The minimum absolute atomic E-state index is 0.211. The first-order valence-corrected chi connectivity index (χ1v) is 7.24. The fourth-order valence-corrected chi connectivity index (χ4v) is 2.40. The van der Waals surface area contributed by atoms with Crippen LogP contribution in [-0.4, -0.2) is 11.1 Å². The number of carboxylic acids is 1. The second-order valence-corrected chi connectivity index (χ2v) is 6.16. The van der Waals surface area contributed by atoms with E-state index < -0.39 is 5.97 Å². The van der Waals surface area contributed by atoms with E-state index in [1.54, 1.807) is 0 Å². The van der Waals surface area contributed by atoms with Crippen LogP contribution in [0.3, 0.4) is 0 Å². The molecule has 0 aliphatic heterocycles. The molecular formula is C20H20O2. The van der Waals surface area contributed by atoms with E-state index in [2.05, 4.69) is 44.7 Å². The van der Waals surface area contributed by atoms with Crippen LogP contribution in [-0.2, 0) is 4.79 Å². The lowest BCUT2D eigenvalue weighted by Crippen LogP contribution is -2.09. The predicted octanol–water partition coefficient (Wildman–Crippen LogP) is 5.02. The summed E-state index contributed by atoms with van der Waals surface area (Å²) in [4.78, 5) is 10.9. The van der Waals surface area contributed by atoms with Crippen LogP contribution >= 0.6 is 0 Å². The molecule has 0 aliphatic carbocycles. The molecule has 0 spiro atoms. The molecule has 0 heterocycles. The molecule has 2 aromatic carbocycles. The van der Waals surface area contributed by atoms with Crippen molar-refractivity contribution < 1.29 is 9.90 Å². The third kappa shape index (κ3) is 3.75. The third-order valence-corrected chi connectivity index (χ3v) is 3.37. The molecule has 0 fully saturated rings. The van der Waals surface area contributed by atoms with Crippen molar-refractivity contribution in [1.29, 1.82) is 0 Å². The summed E-state index contributed by atoms with van der Waals surface area (Å²) in [5.41, 5.74) is 6.85. The minimum Gasteiger partial charge on any atom is -0.478 e. The first-order valence-electron chi connectivity index (χ1n) is 7.24. The average molecular weight is 292 g/mol. The van der Waals surface area contributed by atoms with Crippen LogP contribution in [0.2, 0.25) is 0 Å². The summed E-state index contributed by atoms with van der Waals surface area (Å²) in [6, 6.07) is 18.1. The number of rotatable bonds is 3. The van der Waals surface area contributed by atoms with Crippen molar-refractivity contribution in [2.24, 2.45) is 5.41 Å². The Balaban J connectivity index is 2.70. The van der Waals surface area contributed by atoms with Crippen LogP contribution in [0.25, 0.3) is 16.7 Å². The van der Waals surface area contributed by atoms with Crippen molar-refractivity contribution in [1.82, 2.24) is 0 Å². The van der Waals surface area contributed by atoms with Crippen LogP contribution in [0.1, 0.15) is 26.3 Å². The van der Waals surface area contributed by atoms with Crippen LogP contribution in [0.15, 0.2) is 66.4 Å². The van der Waals surface area contributed by atoms with E-state index >= 15 is 0 Å². The lowest BCUT2D eigenvalue weighted by Gasteiger charge is -2.23. The van der Waals surface area contributed by atoms with Gasteiger partial charge in [-0.15, -0.1) is 5.73 Å². The molecule has 2 nitrogen and oxygen atoms in total. The van der Waals surface area contributed by atoms with Crippen molar-refractivity contribution in [3.8, 4) is 11.1 Å². The van der Waals surface area contributed by atoms with Crippen LogP contribution < -0.4 is 0 Å². The van der Waals surface area contributed by atoms with Gasteiger partial charge in [0.2, 0.25) is 0 Å². The van der Waals surface area contributed by atoms with E-state index in [1.807, 2.05) is 36.4 Å². The highest BCUT2D eigenvalue weighted by Gasteiger charge is 2.21. The fourth-order valence-electron chi connectivity index (χ4n) is 2.40. The molecule has 112 valence electrons. The fraction of sp³-hybridized carbons (Fsp3) is 0.200. The van der Waals surface area contributed by atoms with Gasteiger partial charge in [0.05, 0.1) is 6.08 Å². The molecule has 0 aliphatic rings. The second kappa shape index (κ2) is 6.46. The van der Waals surface area contributed by atoms with Crippen molar-refractivity contribution >= 4 is 11.5 Å². The minimum atomic E-state index is -0.987. The van der Waals surface area contributed by atoms with E-state index in [9.17, 15) is 4.79 Å². The number of carbonyl (C=O) groups is 1. The summed E-state index contributed by atoms with van der Waals surface area (Å²) >= 11 is 0. The van der Waals surface area contributed by atoms with Crippen LogP contribution in [0.4, 0.5) is 0 Å². The van der Waals surface area contributed by atoms with Gasteiger partial charge in [-0.3, -0.25) is 0 Å². The molecule has 2 heteroatoms. The summed E-state index contributed by atoms with van der Waals surface area (Å²) in [5, 5.41) is 8.93. The monoisotopic (exact) mass is 292 g/mol. The number of aliphatic carboxylic acids is 1. The Hall–Kier alpha value is -2.57. The maximum Gasteiger partial charge on any atom is 0.336 e. The van der Waals surface area contributed by atoms with Gasteiger partial charge >= 0.3 is 5.97 Å². The van der Waals surface area contributed by atoms with Gasteiger partial charge in [0.15, 0.2) is 0 Å². The molecule has 22 heavy (non-hydrogen) atoms. The quantitative estimate of drug-likeness (QED) is 0.637. The Morgan fingerprint density at radius 1 is 1.00 bits per heavy atom. The first-order chi connectivity index (χ1) is 10.4. The summed E-state index contributed by atoms with van der Waals surface area (Å²) < 4.78 is 0. The SMILES string of the molecule is CC(C)(C)C(=C=CC(=O)O)c1ccccc1-c1ccccc1. The lowest BCUT2D eigenvalue weighted by atomic mass is 9.80. The zero-order chi connectivity index (χ0) is 16.2. The molecule has 0 saturated heterocycles. The second-order valence-electron chi connectivity index (χ2n) is 6.16. The maximum absolute atomic E-state index is 10.9. The van der Waals surface area contributed by atoms with Crippen molar-refractivity contribution in [2.45, 2.75) is 20.8 Å². The van der Waals surface area contributed by atoms with Crippen molar-refractivity contribution in [3.05, 3.63) is 72.0 Å². The third-order valence-electron chi connectivity index (χ3n) is 3.37. The zero-order valence-electron chi connectivity index (χ0n) is 13.1. The molecule has 0 radical (unpaired) electrons. The highest BCUT2D eigenvalue weighted by molar-refractivity contribution is 5.86. The van der Waals surface area contributed by atoms with Gasteiger partial charge in [-0.2, -0.15) is 0 Å². The van der Waals surface area contributed by atoms with Gasteiger partial charge in [-0.25, -0.2) is 4.79 Å². The van der Waals surface area contributed by atoms with Gasteiger partial charge in [-0.05, 0) is 22.1 Å². The number of benzene rings is 2. The molecule has 2 aromatic rings. The van der Waals surface area contributed by atoms with E-state index in [0.717, 1.165) is 28.3 Å². The summed E-state index contributed by atoms with van der Waals surface area (Å²) in [6.07, 6.45) is 1.09. The number of carboxylic acid groups (broad SMARTS) is 1. The number of hydrogen-bond acceptors (Lipinski definition) is 1. The Labute approximate surface area is 131 Å². The molecule has 0 unspecified atom stereocenters. The maximum atomic E-state index is 10.9. The zero-order valence-corrected chi connectivity index (χ0v) is 13.1. The standard InChI is InChI=1S/C20H20O2/c1-20(2,3)18(13-14-19(21)22)17-12-8-7-11-16(17)15-9-5-4-6-10-15/h4-12,14H,1-3H3,(H,21,22). The highest BCUT2D eigenvalue weighted by Crippen LogP contribution is 2.38. The lowest BCUT2D eigenvalue weighted by molar-refractivity contribution is -0.131. The Morgan fingerprint density at radius 2 is 1.59 bits per heavy atom. The van der Waals surface area contributed by atoms with Crippen molar-refractivity contribution in [3.63, 3.8) is 0 Å². The summed E-state index contributed by atoms with van der Waals surface area (Å²) in [7, 11) is 0. The van der Waals surface area contributed by atoms with E-state index in [0.29, 0.717) is 0 Å². The van der Waals surface area contributed by atoms with E-state index in [4.69, 9.17) is 5.11 Å². The summed E-state index contributed by atoms with van der Waals surface area (Å²) in [5.74, 6) is -0.987. The predicted molar refractivity (Wildman–Crippen MR) is 90.5 cm³/mol. The van der Waals surface area contributed by atoms with Gasteiger partial charge < -0.3 is 5.11 Å². The van der Waals surface area contributed by atoms with Crippen LogP contribution in [0.5, 0.6) is 0 Å².